The van der Waals surface area contributed by atoms with E-state index in [1.165, 1.54) is 6.92 Å². The van der Waals surface area contributed by atoms with Crippen LogP contribution in [0.2, 0.25) is 0 Å². The van der Waals surface area contributed by atoms with Gasteiger partial charge in [0.2, 0.25) is 5.91 Å². The molecule has 11 heavy (non-hydrogen) atoms. The van der Waals surface area contributed by atoms with Crippen molar-refractivity contribution < 1.29 is 4.79 Å². The maximum atomic E-state index is 10.5. The van der Waals surface area contributed by atoms with Gasteiger partial charge in [0.1, 0.15) is 11.9 Å². The third-order valence-electron chi connectivity index (χ3n) is 1.17. The Balaban J connectivity index is 2.87. The van der Waals surface area contributed by atoms with E-state index in [0.29, 0.717) is 11.4 Å². The van der Waals surface area contributed by atoms with Crippen molar-refractivity contribution >= 4 is 11.7 Å². The van der Waals surface area contributed by atoms with E-state index in [1.807, 2.05) is 6.07 Å². The minimum absolute atomic E-state index is 0.191. The number of nitrogens with one attached hydrogen (secondary N) is 2. The number of hydrogen-bond acceptors (Lipinski definition) is 2. The van der Waals surface area contributed by atoms with Gasteiger partial charge in [0.05, 0.1) is 5.56 Å². The van der Waals surface area contributed by atoms with Crippen LogP contribution in [0.5, 0.6) is 0 Å². The van der Waals surface area contributed by atoms with Gasteiger partial charge in [0.25, 0.3) is 0 Å². The first-order valence-electron chi connectivity index (χ1n) is 3.09. The molecule has 1 aromatic heterocycles. The van der Waals surface area contributed by atoms with Gasteiger partial charge in [-0.15, -0.1) is 0 Å². The molecule has 1 amide bonds. The van der Waals surface area contributed by atoms with Gasteiger partial charge in [-0.05, 0) is 6.07 Å². The van der Waals surface area contributed by atoms with E-state index in [2.05, 4.69) is 10.3 Å². The zero-order valence-electron chi connectivity index (χ0n) is 6.01. The fourth-order valence-corrected chi connectivity index (χ4v) is 0.742. The zero-order valence-corrected chi connectivity index (χ0v) is 6.01. The van der Waals surface area contributed by atoms with Crippen LogP contribution in [0.25, 0.3) is 0 Å². The highest BCUT2D eigenvalue weighted by Crippen LogP contribution is 2.09. The Morgan fingerprint density at radius 1 is 1.82 bits per heavy atom. The van der Waals surface area contributed by atoms with Crippen molar-refractivity contribution in [2.45, 2.75) is 6.92 Å². The van der Waals surface area contributed by atoms with Crippen LogP contribution in [0.4, 0.5) is 5.82 Å². The Kier molecular flexibility index (Phi) is 1.93. The highest BCUT2D eigenvalue weighted by molar-refractivity contribution is 5.88. The molecule has 0 atom stereocenters. The predicted octanol–water partition coefficient (Wildman–Crippen LogP) is 0.845. The van der Waals surface area contributed by atoms with E-state index < -0.39 is 0 Å². The van der Waals surface area contributed by atoms with Crippen LogP contribution >= 0.6 is 0 Å². The predicted molar refractivity (Wildman–Crippen MR) is 39.8 cm³/mol. The summed E-state index contributed by atoms with van der Waals surface area (Å²) in [5.41, 5.74) is 0.445. The van der Waals surface area contributed by atoms with E-state index in [1.54, 1.807) is 12.3 Å². The molecule has 0 bridgehead atoms. The monoisotopic (exact) mass is 149 g/mol. The Hall–Kier alpha value is -1.76. The van der Waals surface area contributed by atoms with E-state index in [4.69, 9.17) is 5.26 Å². The summed E-state index contributed by atoms with van der Waals surface area (Å²) in [6.07, 6.45) is 1.60. The number of aromatic nitrogens is 1. The fourth-order valence-electron chi connectivity index (χ4n) is 0.742. The van der Waals surface area contributed by atoms with Crippen molar-refractivity contribution in [1.29, 1.82) is 5.26 Å². The maximum absolute atomic E-state index is 10.5. The lowest BCUT2D eigenvalue weighted by Gasteiger charge is -1.96. The number of amides is 1. The van der Waals surface area contributed by atoms with Gasteiger partial charge in [-0.25, -0.2) is 0 Å². The first-order valence-corrected chi connectivity index (χ1v) is 3.09. The Morgan fingerprint density at radius 2 is 2.55 bits per heavy atom. The van der Waals surface area contributed by atoms with Crippen LogP contribution in [-0.2, 0) is 4.79 Å². The van der Waals surface area contributed by atoms with Crippen molar-refractivity contribution in [3.8, 4) is 6.07 Å². The van der Waals surface area contributed by atoms with Gasteiger partial charge in [0.15, 0.2) is 0 Å². The maximum Gasteiger partial charge on any atom is 0.222 e. The lowest BCUT2D eigenvalue weighted by atomic mass is 10.3. The molecule has 0 aliphatic rings. The average molecular weight is 149 g/mol. The van der Waals surface area contributed by atoms with Crippen LogP contribution < -0.4 is 5.32 Å². The molecule has 0 aliphatic carbocycles. The molecule has 0 fully saturated rings. The average Bonchev–Trinajstić information content (AvgIpc) is 2.34. The second-order valence-electron chi connectivity index (χ2n) is 2.06. The lowest BCUT2D eigenvalue weighted by Crippen LogP contribution is -2.06. The summed E-state index contributed by atoms with van der Waals surface area (Å²) in [6, 6.07) is 3.54. The smallest absolute Gasteiger partial charge is 0.222 e. The van der Waals surface area contributed by atoms with Gasteiger partial charge in [0, 0.05) is 13.1 Å². The number of aromatic amines is 1. The first kappa shape index (κ1) is 7.35. The molecule has 0 saturated heterocycles. The summed E-state index contributed by atoms with van der Waals surface area (Å²) in [5, 5.41) is 11.0. The van der Waals surface area contributed by atoms with Crippen LogP contribution in [0.3, 0.4) is 0 Å². The highest BCUT2D eigenvalue weighted by atomic mass is 16.1. The molecular weight excluding hydrogens is 142 g/mol. The van der Waals surface area contributed by atoms with E-state index >= 15 is 0 Å². The van der Waals surface area contributed by atoms with Gasteiger partial charge < -0.3 is 10.3 Å². The number of carbonyl (C=O) groups excluding carboxylic acids is 1. The third kappa shape index (κ3) is 1.58. The summed E-state index contributed by atoms with van der Waals surface area (Å²) >= 11 is 0. The second kappa shape index (κ2) is 2.88. The molecule has 0 saturated carbocycles. The third-order valence-corrected chi connectivity index (χ3v) is 1.17. The van der Waals surface area contributed by atoms with E-state index in [-0.39, 0.29) is 5.91 Å². The second-order valence-corrected chi connectivity index (χ2v) is 2.06. The molecule has 0 spiro atoms. The standard InChI is InChI=1S/C7H7N3O/c1-5(11)10-7-6(4-8)2-3-9-7/h2-3,9H,1H3,(H,10,11). The molecule has 1 aromatic rings. The van der Waals surface area contributed by atoms with Crippen LogP contribution in [0.15, 0.2) is 12.3 Å². The number of rotatable bonds is 1. The normalized spacial score (nSPS) is 8.73. The lowest BCUT2D eigenvalue weighted by molar-refractivity contribution is -0.114. The summed E-state index contributed by atoms with van der Waals surface area (Å²) in [6.45, 7) is 1.39. The molecule has 2 N–H and O–H groups in total. The van der Waals surface area contributed by atoms with E-state index in [0.717, 1.165) is 0 Å². The zero-order chi connectivity index (χ0) is 8.27. The number of hydrogen-bond donors (Lipinski definition) is 2. The fraction of sp³-hybridized carbons (Fsp3) is 0.143. The number of nitriles is 1. The first-order chi connectivity index (χ1) is 5.24. The number of nitrogens with zero attached hydrogens (tertiary/aromatic N) is 1. The van der Waals surface area contributed by atoms with Crippen LogP contribution in [-0.4, -0.2) is 10.9 Å². The molecule has 4 heteroatoms. The quantitative estimate of drug-likeness (QED) is 0.621. The Morgan fingerprint density at radius 3 is 3.09 bits per heavy atom. The van der Waals surface area contributed by atoms with Crippen LogP contribution in [0.1, 0.15) is 12.5 Å². The number of H-pyrrole nitrogens is 1. The SMILES string of the molecule is CC(=O)Nc1[nH]ccc1C#N. The minimum Gasteiger partial charge on any atom is -0.347 e. The van der Waals surface area contributed by atoms with Gasteiger partial charge in [-0.1, -0.05) is 0 Å². The van der Waals surface area contributed by atoms with Gasteiger partial charge in [-0.3, -0.25) is 4.79 Å². The van der Waals surface area contributed by atoms with Gasteiger partial charge in [-0.2, -0.15) is 5.26 Å². The molecule has 1 heterocycles. The largest absolute Gasteiger partial charge is 0.347 e. The summed E-state index contributed by atoms with van der Waals surface area (Å²) < 4.78 is 0. The molecule has 0 aliphatic heterocycles. The summed E-state index contributed by atoms with van der Waals surface area (Å²) in [4.78, 5) is 13.3. The Labute approximate surface area is 63.8 Å². The molecule has 0 aromatic carbocycles. The van der Waals surface area contributed by atoms with Crippen molar-refractivity contribution in [3.05, 3.63) is 17.8 Å². The molecular formula is C7H7N3O. The molecule has 0 radical (unpaired) electrons. The Bertz CT molecular complexity index is 308. The van der Waals surface area contributed by atoms with Gasteiger partial charge >= 0.3 is 0 Å². The van der Waals surface area contributed by atoms with Crippen molar-refractivity contribution in [1.82, 2.24) is 4.98 Å². The van der Waals surface area contributed by atoms with E-state index in [9.17, 15) is 4.79 Å². The molecule has 56 valence electrons. The van der Waals surface area contributed by atoms with Crippen molar-refractivity contribution in [2.24, 2.45) is 0 Å². The minimum atomic E-state index is -0.191. The van der Waals surface area contributed by atoms with Crippen molar-refractivity contribution in [3.63, 3.8) is 0 Å². The number of anilines is 1. The molecule has 4 nitrogen and oxygen atoms in total. The molecule has 1 rings (SSSR count). The topological polar surface area (TPSA) is 68.7 Å². The summed E-state index contributed by atoms with van der Waals surface area (Å²) in [7, 11) is 0. The summed E-state index contributed by atoms with van der Waals surface area (Å²) in [5.74, 6) is 0.268. The highest BCUT2D eigenvalue weighted by Gasteiger charge is 2.02. The van der Waals surface area contributed by atoms with Crippen LogP contribution in [0, 0.1) is 11.3 Å². The van der Waals surface area contributed by atoms with Crippen molar-refractivity contribution in [2.75, 3.05) is 5.32 Å². The molecule has 0 unspecified atom stereocenters. The number of carbonyl (C=O) groups is 1.